The molecule has 2 fully saturated rings. The van der Waals surface area contributed by atoms with Crippen LogP contribution in [-0.4, -0.2) is 112 Å². The summed E-state index contributed by atoms with van der Waals surface area (Å²) >= 11 is 26.9. The van der Waals surface area contributed by atoms with E-state index in [9.17, 15) is 33.6 Å². The highest BCUT2D eigenvalue weighted by molar-refractivity contribution is 14.1. The highest BCUT2D eigenvalue weighted by Gasteiger charge is 2.53. The molecule has 0 spiro atoms. The maximum Gasteiger partial charge on any atom is 0.323 e. The molecule has 4 aliphatic heterocycles. The van der Waals surface area contributed by atoms with Crippen LogP contribution in [0.2, 0.25) is 20.6 Å². The van der Waals surface area contributed by atoms with Crippen molar-refractivity contribution in [3.05, 3.63) is 164 Å². The molecule has 4 aliphatic rings. The molecule has 9 heterocycles. The monoisotopic (exact) mass is 1390 g/mol. The maximum atomic E-state index is 13.0. The largest absolute Gasteiger partial charge is 0.497 e. The summed E-state index contributed by atoms with van der Waals surface area (Å²) in [5.41, 5.74) is -0.124. The molecular weight excluding hydrogens is 1350 g/mol. The van der Waals surface area contributed by atoms with E-state index in [4.69, 9.17) is 76.2 Å². The molecule has 0 saturated carbocycles. The summed E-state index contributed by atoms with van der Waals surface area (Å²) in [6, 6.07) is 18.9. The lowest BCUT2D eigenvalue weighted by Gasteiger charge is -2.29. The van der Waals surface area contributed by atoms with Crippen molar-refractivity contribution in [2.75, 3.05) is 41.5 Å². The molecule has 5 N–H and O–H groups in total. The van der Waals surface area contributed by atoms with Crippen LogP contribution in [0.5, 0.6) is 23.0 Å². The van der Waals surface area contributed by atoms with Crippen LogP contribution in [0.1, 0.15) is 37.6 Å². The molecule has 0 aliphatic carbocycles. The highest BCUT2D eigenvalue weighted by Crippen LogP contribution is 2.37. The van der Waals surface area contributed by atoms with Crippen LogP contribution in [-0.2, 0) is 28.2 Å². The number of pyridine rings is 4. The third-order valence-electron chi connectivity index (χ3n) is 12.0. The minimum Gasteiger partial charge on any atom is -0.497 e. The molecule has 7 aromatic rings. The van der Waals surface area contributed by atoms with Gasteiger partial charge in [0.15, 0.2) is 16.5 Å². The van der Waals surface area contributed by atoms with Gasteiger partial charge in [0.1, 0.15) is 55.0 Å². The van der Waals surface area contributed by atoms with E-state index in [0.29, 0.717) is 59.2 Å². The van der Waals surface area contributed by atoms with Gasteiger partial charge >= 0.3 is 12.1 Å². The number of fused-ring (bicyclic) bond motifs is 3. The molecule has 414 valence electrons. The predicted molar refractivity (Wildman–Crippen MR) is 310 cm³/mol. The van der Waals surface area contributed by atoms with E-state index >= 15 is 0 Å². The van der Waals surface area contributed by atoms with E-state index in [1.165, 1.54) is 42.5 Å². The second-order valence-electron chi connectivity index (χ2n) is 16.9. The number of aromatic amines is 1. The van der Waals surface area contributed by atoms with Gasteiger partial charge in [0.25, 0.3) is 23.6 Å². The Balaban J connectivity index is 0.000000160. The highest BCUT2D eigenvalue weighted by atomic mass is 127. The molecule has 28 heteroatoms. The Morgan fingerprint density at radius 2 is 1.21 bits per heavy atom. The summed E-state index contributed by atoms with van der Waals surface area (Å²) in [6.07, 6.45) is 11.6. The van der Waals surface area contributed by atoms with Gasteiger partial charge in [-0.2, -0.15) is 0 Å². The van der Waals surface area contributed by atoms with Gasteiger partial charge in [-0.3, -0.25) is 34.6 Å². The van der Waals surface area contributed by atoms with Gasteiger partial charge in [0.2, 0.25) is 0 Å². The molecular formula is C52H42Cl4I2N10O12. The van der Waals surface area contributed by atoms with Crippen LogP contribution >= 0.6 is 91.6 Å². The van der Waals surface area contributed by atoms with Crippen LogP contribution in [0.4, 0.5) is 9.59 Å². The number of aromatic nitrogens is 4. The number of H-pyrrole nitrogens is 1. The molecule has 0 bridgehead atoms. The van der Waals surface area contributed by atoms with Crippen LogP contribution < -0.4 is 45.6 Å². The van der Waals surface area contributed by atoms with Crippen LogP contribution in [0.3, 0.4) is 0 Å². The van der Waals surface area contributed by atoms with Gasteiger partial charge in [-0.15, -0.1) is 6.42 Å². The molecule has 5 aromatic heterocycles. The Kier molecular flexibility index (Phi) is 19.8. The topological polar surface area (TPSA) is 279 Å². The quantitative estimate of drug-likeness (QED) is 0.0400. The minimum absolute atomic E-state index is 0.0423. The zero-order valence-corrected chi connectivity index (χ0v) is 49.4. The first-order valence-electron chi connectivity index (χ1n) is 22.9. The Morgan fingerprint density at radius 1 is 0.650 bits per heavy atom. The Hall–Kier alpha value is -7.42. The molecule has 2 saturated heterocycles. The zero-order chi connectivity index (χ0) is 58.1. The number of furan rings is 1. The summed E-state index contributed by atoms with van der Waals surface area (Å²) in [5, 5.41) is 11.4. The van der Waals surface area contributed by atoms with Gasteiger partial charge in [-0.25, -0.2) is 24.5 Å². The fraction of sp³-hybridized carbons (Fsp3) is 0.192. The normalized spacial score (nSPS) is 17.3. The van der Waals surface area contributed by atoms with Gasteiger partial charge in [-0.05, 0) is 105 Å². The van der Waals surface area contributed by atoms with Crippen molar-refractivity contribution in [2.45, 2.75) is 24.2 Å². The first-order valence-corrected chi connectivity index (χ1v) is 26.6. The maximum absolute atomic E-state index is 13.0. The van der Waals surface area contributed by atoms with Crippen molar-refractivity contribution in [2.24, 2.45) is 0 Å². The standard InChI is InChI=1S/C20H15ClN4O5.C15H13N3O4.C6H5ClINO.C6H6ClNO.C5H3ClINO/c1-29-11-3-2-10-8-25(17(26)12(10)6-11)9-20(18(27)23-19(28)24-20)15-7-13-14(30-15)4-5-22-16(13)21;1-3-15(13(20)16-14(21)17-15)8-18-7-9-4-5-10(22-2)6-11(9)12(18)19;1-10-4-2-3-9-6(7)5(4)8;1-9-5-2-3-8-6(7)4-5;6-5-4(7)3(9)1-2-8-5/h2-7H,8-9H2,1H3,(H2,23,24,27,28);1,4-6H,7-8H2,2H3,(H2,16,17,20,21);2-3H,1H3;2-4H,1H3;1-2H,(H,8,9)/t20-;15-;;;/m01.../s1. The van der Waals surface area contributed by atoms with Crippen molar-refractivity contribution < 1.29 is 52.1 Å². The summed E-state index contributed by atoms with van der Waals surface area (Å²) in [5.74, 6) is 3.33. The summed E-state index contributed by atoms with van der Waals surface area (Å²) in [4.78, 5) is 102. The van der Waals surface area contributed by atoms with E-state index in [0.717, 1.165) is 26.2 Å². The van der Waals surface area contributed by atoms with E-state index in [2.05, 4.69) is 69.7 Å². The molecule has 80 heavy (non-hydrogen) atoms. The number of terminal acetylenes is 1. The fourth-order valence-corrected chi connectivity index (χ4v) is 9.56. The average molecular weight is 1390 g/mol. The van der Waals surface area contributed by atoms with Crippen molar-refractivity contribution in [1.29, 1.82) is 0 Å². The number of nitrogens with zero attached hydrogens (tertiary/aromatic N) is 5. The number of nitrogens with one attached hydrogen (secondary N) is 5. The first kappa shape index (κ1) is 60.2. The zero-order valence-electron chi connectivity index (χ0n) is 42.0. The lowest BCUT2D eigenvalue weighted by molar-refractivity contribution is -0.125. The summed E-state index contributed by atoms with van der Waals surface area (Å²) in [7, 11) is 6.23. The van der Waals surface area contributed by atoms with Crippen molar-refractivity contribution in [1.82, 2.24) is 51.0 Å². The van der Waals surface area contributed by atoms with E-state index < -0.39 is 35.0 Å². The third-order valence-corrected chi connectivity index (χ3v) is 15.9. The summed E-state index contributed by atoms with van der Waals surface area (Å²) < 4.78 is 27.4. The molecule has 0 radical (unpaired) electrons. The number of carbonyl (C=O) groups excluding carboxylic acids is 6. The Labute approximate surface area is 502 Å². The van der Waals surface area contributed by atoms with Crippen molar-refractivity contribution in [3.63, 3.8) is 0 Å². The number of halogens is 6. The molecule has 8 amide bonds. The van der Waals surface area contributed by atoms with Crippen LogP contribution in [0, 0.1) is 19.5 Å². The summed E-state index contributed by atoms with van der Waals surface area (Å²) in [6.45, 7) is 0.401. The molecule has 2 atom stereocenters. The number of benzene rings is 2. The number of urea groups is 2. The molecule has 11 rings (SSSR count). The molecule has 2 aromatic carbocycles. The minimum atomic E-state index is -1.60. The number of rotatable bonds is 9. The van der Waals surface area contributed by atoms with Crippen molar-refractivity contribution in [3.8, 4) is 35.3 Å². The number of carbonyl (C=O) groups is 6. The van der Waals surface area contributed by atoms with Gasteiger partial charge in [-0.1, -0.05) is 64.5 Å². The number of methoxy groups -OCH3 is 4. The number of ether oxygens (including phenoxy) is 4. The number of amides is 8. The Morgan fingerprint density at radius 3 is 1.70 bits per heavy atom. The lowest BCUT2D eigenvalue weighted by Crippen LogP contribution is -2.54. The second kappa shape index (κ2) is 26.2. The van der Waals surface area contributed by atoms with E-state index in [1.54, 1.807) is 93.3 Å². The molecule has 22 nitrogen and oxygen atoms in total. The first-order chi connectivity index (χ1) is 38.2. The number of imide groups is 2. The van der Waals surface area contributed by atoms with E-state index in [1.807, 2.05) is 22.6 Å². The second-order valence-corrected chi connectivity index (χ2v) is 20.5. The average Bonchev–Trinajstić information content (AvgIpc) is 4.34. The molecule has 0 unspecified atom stereocenters. The fourth-order valence-electron chi connectivity index (χ4n) is 8.01. The van der Waals surface area contributed by atoms with Gasteiger partial charge in [0, 0.05) is 61.1 Å². The van der Waals surface area contributed by atoms with Gasteiger partial charge in [0.05, 0.1) is 54.1 Å². The van der Waals surface area contributed by atoms with Crippen molar-refractivity contribution >= 4 is 138 Å². The Bertz CT molecular complexity index is 3680. The van der Waals surface area contributed by atoms with E-state index in [-0.39, 0.29) is 47.8 Å². The van der Waals surface area contributed by atoms with Gasteiger partial charge < -0.3 is 48.8 Å². The number of hydrogen-bond acceptors (Lipinski definition) is 15. The SMILES string of the molecule is C#C[C@]1(CN2Cc3ccc(OC)cc3C2=O)NC(=O)NC1=O.COc1ccc2c(c1)C(=O)N(C[C@@]1(c3cc4c(Cl)nccc4o3)NC(=O)NC1=O)C2.COc1ccnc(Cl)c1.COc1ccnc(Cl)c1I.O=c1cc[nH]c(Cl)c1I. The third kappa shape index (κ3) is 13.4. The predicted octanol–water partition coefficient (Wildman–Crippen LogP) is 7.77. The van der Waals surface area contributed by atoms with Crippen LogP contribution in [0.25, 0.3) is 11.0 Å². The lowest BCUT2D eigenvalue weighted by atomic mass is 9.95. The smallest absolute Gasteiger partial charge is 0.323 e. The van der Waals surface area contributed by atoms with Crippen LogP contribution in [0.15, 0.2) is 107 Å². The number of hydrogen-bond donors (Lipinski definition) is 5.